The van der Waals surface area contributed by atoms with E-state index in [2.05, 4.69) is 4.98 Å². The van der Waals surface area contributed by atoms with Gasteiger partial charge in [-0.3, -0.25) is 4.79 Å². The Morgan fingerprint density at radius 1 is 1.30 bits per heavy atom. The third-order valence-corrected chi connectivity index (χ3v) is 4.58. The Kier molecular flexibility index (Phi) is 7.44. The number of aromatic nitrogens is 1. The van der Waals surface area contributed by atoms with E-state index in [1.165, 1.54) is 24.1 Å². The molecule has 30 heavy (non-hydrogen) atoms. The highest BCUT2D eigenvalue weighted by atomic mass is 35.5. The van der Waals surface area contributed by atoms with E-state index in [4.69, 9.17) is 21.1 Å². The van der Waals surface area contributed by atoms with E-state index >= 15 is 0 Å². The molecule has 1 aliphatic heterocycles. The van der Waals surface area contributed by atoms with Gasteiger partial charge in [-0.2, -0.15) is 13.2 Å². The maximum Gasteiger partial charge on any atom is 0.471 e. The molecular formula is C19H25ClF3N3O4. The Labute approximate surface area is 178 Å². The molecule has 1 atom stereocenters. The summed E-state index contributed by atoms with van der Waals surface area (Å²) in [6.07, 6.45) is -4.93. The first-order valence-electron chi connectivity index (χ1n) is 9.36. The Balaban J connectivity index is 2.27. The van der Waals surface area contributed by atoms with Crippen LogP contribution in [-0.4, -0.2) is 64.8 Å². The van der Waals surface area contributed by atoms with Crippen LogP contribution < -0.4 is 4.74 Å². The predicted octanol–water partition coefficient (Wildman–Crippen LogP) is 4.03. The molecule has 1 fully saturated rings. The molecule has 2 rings (SSSR count). The molecule has 1 aromatic rings. The molecule has 0 saturated carbocycles. The summed E-state index contributed by atoms with van der Waals surface area (Å²) < 4.78 is 50.2. The molecule has 0 spiro atoms. The van der Waals surface area contributed by atoms with Gasteiger partial charge in [0.1, 0.15) is 10.8 Å². The van der Waals surface area contributed by atoms with Crippen molar-refractivity contribution in [2.24, 2.45) is 0 Å². The van der Waals surface area contributed by atoms with Crippen LogP contribution in [0.3, 0.4) is 0 Å². The van der Waals surface area contributed by atoms with E-state index in [0.717, 1.165) is 4.90 Å². The van der Waals surface area contributed by atoms with Crippen molar-refractivity contribution in [3.05, 3.63) is 22.8 Å². The summed E-state index contributed by atoms with van der Waals surface area (Å²) in [6.45, 7) is 5.02. The highest BCUT2D eigenvalue weighted by Crippen LogP contribution is 2.27. The van der Waals surface area contributed by atoms with Crippen molar-refractivity contribution in [3.63, 3.8) is 0 Å². The first-order chi connectivity index (χ1) is 13.8. The third kappa shape index (κ3) is 6.65. The van der Waals surface area contributed by atoms with Crippen molar-refractivity contribution < 1.29 is 32.2 Å². The minimum absolute atomic E-state index is 0.0304. The summed E-state index contributed by atoms with van der Waals surface area (Å²) >= 11 is 5.91. The molecular weight excluding hydrogens is 427 g/mol. The van der Waals surface area contributed by atoms with Gasteiger partial charge < -0.3 is 19.3 Å². The fraction of sp³-hybridized carbons (Fsp3) is 0.632. The van der Waals surface area contributed by atoms with Crippen LogP contribution in [0.25, 0.3) is 0 Å². The zero-order valence-electron chi connectivity index (χ0n) is 17.3. The van der Waals surface area contributed by atoms with Gasteiger partial charge in [0, 0.05) is 25.7 Å². The minimum atomic E-state index is -5.06. The summed E-state index contributed by atoms with van der Waals surface area (Å²) in [5.74, 6) is -1.86. The van der Waals surface area contributed by atoms with Crippen LogP contribution in [0, 0.1) is 0 Å². The zero-order chi connectivity index (χ0) is 22.7. The Morgan fingerprint density at radius 3 is 2.53 bits per heavy atom. The Morgan fingerprint density at radius 2 is 1.97 bits per heavy atom. The maximum absolute atomic E-state index is 13.3. The minimum Gasteiger partial charge on any atom is -0.481 e. The molecule has 2 amide bonds. The third-order valence-electron chi connectivity index (χ3n) is 4.38. The lowest BCUT2D eigenvalue weighted by molar-refractivity contribution is -0.189. The van der Waals surface area contributed by atoms with Crippen molar-refractivity contribution in [1.29, 1.82) is 0 Å². The molecule has 0 N–H and O–H groups in total. The van der Waals surface area contributed by atoms with Crippen LogP contribution in [0.2, 0.25) is 5.15 Å². The molecule has 0 aromatic carbocycles. The lowest BCUT2D eigenvalue weighted by Gasteiger charge is -2.40. The summed E-state index contributed by atoms with van der Waals surface area (Å²) in [5.41, 5.74) is -0.408. The van der Waals surface area contributed by atoms with Crippen molar-refractivity contribution in [3.8, 4) is 5.88 Å². The quantitative estimate of drug-likeness (QED) is 0.646. The zero-order valence-corrected chi connectivity index (χ0v) is 18.0. The number of nitrogens with zero attached hydrogens (tertiary/aromatic N) is 3. The molecule has 0 unspecified atom stereocenters. The first-order valence-corrected chi connectivity index (χ1v) is 9.74. The number of hydrogen-bond donors (Lipinski definition) is 0. The van der Waals surface area contributed by atoms with Gasteiger partial charge in [-0.1, -0.05) is 11.6 Å². The average Bonchev–Trinajstić information content (AvgIpc) is 2.63. The number of alkyl halides is 3. The van der Waals surface area contributed by atoms with Gasteiger partial charge in [0.25, 0.3) is 0 Å². The van der Waals surface area contributed by atoms with Crippen molar-refractivity contribution in [2.75, 3.05) is 20.2 Å². The van der Waals surface area contributed by atoms with Gasteiger partial charge in [-0.15, -0.1) is 0 Å². The fourth-order valence-corrected chi connectivity index (χ4v) is 3.37. The number of carbonyl (C=O) groups is 2. The number of halogens is 4. The molecule has 0 radical (unpaired) electrons. The summed E-state index contributed by atoms with van der Waals surface area (Å²) in [5, 5.41) is 0.0304. The Hall–Kier alpha value is -2.23. The molecule has 1 aliphatic rings. The summed E-state index contributed by atoms with van der Waals surface area (Å²) in [6, 6.07) is 1.95. The summed E-state index contributed by atoms with van der Waals surface area (Å²) in [7, 11) is 1.35. The number of carbonyl (C=O) groups excluding carboxylic acids is 2. The van der Waals surface area contributed by atoms with Gasteiger partial charge in [-0.05, 0) is 45.2 Å². The number of likely N-dealkylation sites (tertiary alicyclic amines) is 1. The van der Waals surface area contributed by atoms with Gasteiger partial charge in [0.2, 0.25) is 5.88 Å². The van der Waals surface area contributed by atoms with Gasteiger partial charge in [0.05, 0.1) is 13.2 Å². The van der Waals surface area contributed by atoms with Crippen LogP contribution in [-0.2, 0) is 16.1 Å². The fourth-order valence-electron chi connectivity index (χ4n) is 3.15. The van der Waals surface area contributed by atoms with Crippen molar-refractivity contribution >= 4 is 23.6 Å². The van der Waals surface area contributed by atoms with Crippen molar-refractivity contribution in [2.45, 2.75) is 58.0 Å². The maximum atomic E-state index is 13.3. The lowest BCUT2D eigenvalue weighted by atomic mass is 10.0. The monoisotopic (exact) mass is 451 g/mol. The molecule has 1 saturated heterocycles. The highest BCUT2D eigenvalue weighted by Gasteiger charge is 2.45. The van der Waals surface area contributed by atoms with E-state index in [1.54, 1.807) is 20.8 Å². The number of amides is 2. The smallest absolute Gasteiger partial charge is 0.471 e. The predicted molar refractivity (Wildman–Crippen MR) is 103 cm³/mol. The highest BCUT2D eigenvalue weighted by molar-refractivity contribution is 6.29. The number of piperidine rings is 1. The van der Waals surface area contributed by atoms with Crippen LogP contribution in [0.4, 0.5) is 18.0 Å². The second-order valence-corrected chi connectivity index (χ2v) is 8.38. The van der Waals surface area contributed by atoms with E-state index in [0.29, 0.717) is 24.9 Å². The van der Waals surface area contributed by atoms with E-state index in [1.807, 2.05) is 0 Å². The molecule has 168 valence electrons. The van der Waals surface area contributed by atoms with Gasteiger partial charge >= 0.3 is 18.2 Å². The van der Waals surface area contributed by atoms with E-state index in [9.17, 15) is 22.8 Å². The molecule has 2 heterocycles. The number of methoxy groups -OCH3 is 1. The second kappa shape index (κ2) is 9.28. The molecule has 11 heteroatoms. The Bertz CT molecular complexity index is 783. The largest absolute Gasteiger partial charge is 0.481 e. The normalized spacial score (nSPS) is 17.5. The van der Waals surface area contributed by atoms with Crippen LogP contribution >= 0.6 is 11.6 Å². The van der Waals surface area contributed by atoms with Crippen LogP contribution in [0.5, 0.6) is 5.88 Å². The molecule has 1 aromatic heterocycles. The number of pyridine rings is 1. The molecule has 0 bridgehead atoms. The number of hydrogen-bond acceptors (Lipinski definition) is 5. The molecule has 0 aliphatic carbocycles. The lowest BCUT2D eigenvalue weighted by Crippen LogP contribution is -2.54. The standard InChI is InChI=1S/C19H25ClF3N3O4/c1-18(2,3)30-17(28)25-7-5-6-13(11-25)26(16(27)19(21,22)23)10-12-8-14(20)24-15(9-12)29-4/h8-9,13H,5-7,10-11H2,1-4H3/t13-/m0/s1. The second-order valence-electron chi connectivity index (χ2n) is 7.99. The van der Waals surface area contributed by atoms with Crippen LogP contribution in [0.1, 0.15) is 39.2 Å². The van der Waals surface area contributed by atoms with E-state index in [-0.39, 0.29) is 24.1 Å². The van der Waals surface area contributed by atoms with Gasteiger partial charge in [0.15, 0.2) is 0 Å². The van der Waals surface area contributed by atoms with Crippen LogP contribution in [0.15, 0.2) is 12.1 Å². The van der Waals surface area contributed by atoms with Crippen molar-refractivity contribution in [1.82, 2.24) is 14.8 Å². The first kappa shape index (κ1) is 24.0. The number of rotatable bonds is 4. The number of ether oxygens (including phenoxy) is 2. The average molecular weight is 452 g/mol. The van der Waals surface area contributed by atoms with Gasteiger partial charge in [-0.25, -0.2) is 9.78 Å². The topological polar surface area (TPSA) is 72.0 Å². The molecule has 7 nitrogen and oxygen atoms in total. The van der Waals surface area contributed by atoms with E-state index < -0.39 is 29.8 Å². The SMILES string of the molecule is COc1cc(CN(C(=O)C(F)(F)F)[C@H]2CCCN(C(=O)OC(C)(C)C)C2)cc(Cl)n1. The summed E-state index contributed by atoms with van der Waals surface area (Å²) in [4.78, 5) is 30.5.